The third-order valence-electron chi connectivity index (χ3n) is 6.30. The topological polar surface area (TPSA) is 41.6 Å². The molecule has 1 N–H and O–H groups in total. The lowest BCUT2D eigenvalue weighted by atomic mass is 9.77. The Hall–Kier alpha value is -1.30. The van der Waals surface area contributed by atoms with Gasteiger partial charge in [-0.1, -0.05) is 11.6 Å². The van der Waals surface area contributed by atoms with E-state index in [2.05, 4.69) is 10.2 Å². The van der Waals surface area contributed by atoms with Crippen LogP contribution in [0.2, 0.25) is 5.02 Å². The molecule has 2 aromatic rings. The highest BCUT2D eigenvalue weighted by molar-refractivity contribution is 7.21. The Kier molecular flexibility index (Phi) is 3.56. The van der Waals surface area contributed by atoms with Crippen LogP contribution in [0.1, 0.15) is 35.4 Å². The van der Waals surface area contributed by atoms with Gasteiger partial charge in [0.15, 0.2) is 0 Å². The first-order chi connectivity index (χ1) is 12.1. The number of rotatable bonds is 3. The van der Waals surface area contributed by atoms with E-state index in [-0.39, 0.29) is 11.4 Å². The number of benzene rings is 1. The highest BCUT2D eigenvalue weighted by Crippen LogP contribution is 2.53. The predicted molar refractivity (Wildman–Crippen MR) is 101 cm³/mol. The Morgan fingerprint density at radius 1 is 1.36 bits per heavy atom. The van der Waals surface area contributed by atoms with Crippen molar-refractivity contribution in [3.05, 3.63) is 28.1 Å². The second kappa shape index (κ2) is 5.60. The molecular weight excluding hydrogens is 356 g/mol. The van der Waals surface area contributed by atoms with Crippen molar-refractivity contribution >= 4 is 38.9 Å². The number of carbonyl (C=O) groups is 1. The molecular formula is C19H21ClN2O2S. The van der Waals surface area contributed by atoms with Crippen LogP contribution in [0.15, 0.2) is 18.2 Å². The largest absolute Gasteiger partial charge is 0.495 e. The molecule has 1 aromatic heterocycles. The van der Waals surface area contributed by atoms with Crippen LogP contribution in [0.25, 0.3) is 10.1 Å². The number of hydrogen-bond donors (Lipinski definition) is 1. The molecule has 4 heterocycles. The maximum Gasteiger partial charge on any atom is 0.261 e. The van der Waals surface area contributed by atoms with E-state index in [0.29, 0.717) is 22.7 Å². The number of nitrogens with one attached hydrogen (secondary N) is 1. The second-order valence-electron chi connectivity index (χ2n) is 7.49. The third-order valence-corrected chi connectivity index (χ3v) is 7.96. The Balaban J connectivity index is 1.43. The van der Waals surface area contributed by atoms with Crippen LogP contribution < -0.4 is 10.1 Å². The van der Waals surface area contributed by atoms with Gasteiger partial charge in [-0.25, -0.2) is 0 Å². The van der Waals surface area contributed by atoms with E-state index in [1.165, 1.54) is 50.1 Å². The summed E-state index contributed by atoms with van der Waals surface area (Å²) in [6.45, 7) is 2.41. The molecule has 132 valence electrons. The zero-order valence-corrected chi connectivity index (χ0v) is 15.8. The molecule has 1 aliphatic carbocycles. The molecule has 1 atom stereocenters. The molecule has 6 rings (SSSR count). The molecule has 4 nitrogen and oxygen atoms in total. The summed E-state index contributed by atoms with van der Waals surface area (Å²) in [5.74, 6) is 1.33. The first-order valence-corrected chi connectivity index (χ1v) is 10.1. The first-order valence-electron chi connectivity index (χ1n) is 8.94. The van der Waals surface area contributed by atoms with Gasteiger partial charge in [-0.05, 0) is 68.3 Å². The van der Waals surface area contributed by atoms with E-state index in [1.807, 2.05) is 18.2 Å². The number of hydrogen-bond acceptors (Lipinski definition) is 4. The van der Waals surface area contributed by atoms with Crippen molar-refractivity contribution in [3.63, 3.8) is 0 Å². The zero-order valence-electron chi connectivity index (χ0n) is 14.2. The quantitative estimate of drug-likeness (QED) is 0.882. The minimum Gasteiger partial charge on any atom is -0.495 e. The molecule has 1 aromatic carbocycles. The molecule has 1 saturated carbocycles. The standard InChI is InChI=1S/C19H21ClN2O2S/c1-24-13-3-2-12-10-14(25-16(12)15(13)20)18(23)21-17-11-4-8-22(9-5-11)19(17)6-7-19/h2-3,10-11,17H,4-9H2,1H3,(H,21,23)/t17-/m1/s1. The Bertz CT molecular complexity index is 852. The van der Waals surface area contributed by atoms with E-state index >= 15 is 0 Å². The summed E-state index contributed by atoms with van der Waals surface area (Å²) < 4.78 is 6.20. The van der Waals surface area contributed by atoms with Gasteiger partial charge in [-0.3, -0.25) is 9.69 Å². The van der Waals surface area contributed by atoms with E-state index in [0.717, 1.165) is 15.0 Å². The van der Waals surface area contributed by atoms with Gasteiger partial charge < -0.3 is 10.1 Å². The maximum atomic E-state index is 12.9. The fourth-order valence-electron chi connectivity index (χ4n) is 4.85. The Morgan fingerprint density at radius 3 is 2.80 bits per heavy atom. The number of piperidine rings is 3. The fourth-order valence-corrected chi connectivity index (χ4v) is 6.21. The monoisotopic (exact) mass is 376 g/mol. The van der Waals surface area contributed by atoms with E-state index in [9.17, 15) is 4.79 Å². The van der Waals surface area contributed by atoms with Crippen molar-refractivity contribution in [1.29, 1.82) is 0 Å². The van der Waals surface area contributed by atoms with Crippen molar-refractivity contribution in [2.45, 2.75) is 37.3 Å². The smallest absolute Gasteiger partial charge is 0.261 e. The van der Waals surface area contributed by atoms with Gasteiger partial charge in [-0.15, -0.1) is 11.3 Å². The van der Waals surface area contributed by atoms with Gasteiger partial charge in [0.2, 0.25) is 0 Å². The summed E-state index contributed by atoms with van der Waals surface area (Å²) in [4.78, 5) is 16.3. The van der Waals surface area contributed by atoms with Crippen LogP contribution in [-0.4, -0.2) is 42.6 Å². The lowest BCUT2D eigenvalue weighted by molar-refractivity contribution is -0.00138. The lowest BCUT2D eigenvalue weighted by Crippen LogP contribution is -2.65. The predicted octanol–water partition coefficient (Wildman–Crippen LogP) is 3.92. The first kappa shape index (κ1) is 15.9. The van der Waals surface area contributed by atoms with Crippen LogP contribution in [0, 0.1) is 5.92 Å². The van der Waals surface area contributed by atoms with Crippen LogP contribution in [-0.2, 0) is 0 Å². The average Bonchev–Trinajstić information content (AvgIpc) is 3.28. The normalized spacial score (nSPS) is 29.1. The van der Waals surface area contributed by atoms with Crippen molar-refractivity contribution < 1.29 is 9.53 Å². The number of fused-ring (bicyclic) bond motifs is 3. The van der Waals surface area contributed by atoms with E-state index in [4.69, 9.17) is 16.3 Å². The molecule has 6 heteroatoms. The highest BCUT2D eigenvalue weighted by Gasteiger charge is 2.60. The number of methoxy groups -OCH3 is 1. The molecule has 4 aliphatic rings. The number of thiophene rings is 1. The van der Waals surface area contributed by atoms with Gasteiger partial charge in [-0.2, -0.15) is 0 Å². The van der Waals surface area contributed by atoms with Gasteiger partial charge in [0.1, 0.15) is 10.8 Å². The van der Waals surface area contributed by atoms with Gasteiger partial charge in [0.25, 0.3) is 5.91 Å². The molecule has 25 heavy (non-hydrogen) atoms. The molecule has 0 radical (unpaired) electrons. The van der Waals surface area contributed by atoms with Crippen LogP contribution >= 0.6 is 22.9 Å². The van der Waals surface area contributed by atoms with Crippen LogP contribution in [0.4, 0.5) is 0 Å². The molecule has 1 spiro atoms. The van der Waals surface area contributed by atoms with Crippen molar-refractivity contribution in [1.82, 2.24) is 10.2 Å². The summed E-state index contributed by atoms with van der Waals surface area (Å²) in [6.07, 6.45) is 4.87. The SMILES string of the molecule is COc1ccc2cc(C(=O)N[C@@H]3C4CCN(CC4)C34CC4)sc2c1Cl. The van der Waals surface area contributed by atoms with Gasteiger partial charge >= 0.3 is 0 Å². The average molecular weight is 377 g/mol. The van der Waals surface area contributed by atoms with Gasteiger partial charge in [0.05, 0.1) is 22.7 Å². The highest BCUT2D eigenvalue weighted by atomic mass is 35.5. The summed E-state index contributed by atoms with van der Waals surface area (Å²) in [5.41, 5.74) is 0.258. The minimum absolute atomic E-state index is 0.0428. The molecule has 0 unspecified atom stereocenters. The number of amides is 1. The zero-order chi connectivity index (χ0) is 17.2. The van der Waals surface area contributed by atoms with Crippen molar-refractivity contribution in [3.8, 4) is 5.75 Å². The second-order valence-corrected chi connectivity index (χ2v) is 8.92. The summed E-state index contributed by atoms with van der Waals surface area (Å²) in [6, 6.07) is 6.06. The maximum absolute atomic E-state index is 12.9. The van der Waals surface area contributed by atoms with Crippen molar-refractivity contribution in [2.75, 3.05) is 20.2 Å². The number of halogens is 1. The lowest BCUT2D eigenvalue weighted by Gasteiger charge is -2.52. The molecule has 1 amide bonds. The van der Waals surface area contributed by atoms with Gasteiger partial charge in [0, 0.05) is 5.54 Å². The summed E-state index contributed by atoms with van der Waals surface area (Å²) in [5, 5.41) is 4.97. The molecule has 3 saturated heterocycles. The number of nitrogens with zero attached hydrogens (tertiary/aromatic N) is 1. The minimum atomic E-state index is 0.0428. The third kappa shape index (κ3) is 2.32. The molecule has 3 aliphatic heterocycles. The van der Waals surface area contributed by atoms with Crippen LogP contribution in [0.5, 0.6) is 5.75 Å². The van der Waals surface area contributed by atoms with Crippen molar-refractivity contribution in [2.24, 2.45) is 5.92 Å². The fraction of sp³-hybridized carbons (Fsp3) is 0.526. The number of ether oxygens (including phenoxy) is 1. The van der Waals surface area contributed by atoms with Crippen LogP contribution in [0.3, 0.4) is 0 Å². The Labute approximate surface area is 156 Å². The number of carbonyl (C=O) groups excluding carboxylic acids is 1. The molecule has 2 bridgehead atoms. The van der Waals surface area contributed by atoms with E-state index < -0.39 is 0 Å². The summed E-state index contributed by atoms with van der Waals surface area (Å²) in [7, 11) is 1.61. The summed E-state index contributed by atoms with van der Waals surface area (Å²) >= 11 is 7.86. The van der Waals surface area contributed by atoms with E-state index in [1.54, 1.807) is 7.11 Å². The molecule has 4 fully saturated rings. The Morgan fingerprint density at radius 2 is 2.12 bits per heavy atom.